The van der Waals surface area contributed by atoms with Gasteiger partial charge in [0.2, 0.25) is 0 Å². The third-order valence-corrected chi connectivity index (χ3v) is 4.16. The van der Waals surface area contributed by atoms with Crippen LogP contribution >= 0.6 is 31.9 Å². The Morgan fingerprint density at radius 3 is 2.71 bits per heavy atom. The maximum Gasteiger partial charge on any atom is 0.161 e. The average Bonchev–Trinajstić information content (AvgIpc) is 2.49. The van der Waals surface area contributed by atoms with Crippen molar-refractivity contribution in [3.8, 4) is 11.5 Å². The molecule has 2 heterocycles. The number of ether oxygens (including phenoxy) is 2. The van der Waals surface area contributed by atoms with Crippen molar-refractivity contribution in [3.05, 3.63) is 45.0 Å². The third-order valence-electron chi connectivity index (χ3n) is 3.12. The first kappa shape index (κ1) is 14.7. The van der Waals surface area contributed by atoms with E-state index in [1.165, 1.54) is 5.56 Å². The number of benzene rings is 1. The maximum atomic E-state index is 5.59. The van der Waals surface area contributed by atoms with Crippen molar-refractivity contribution in [2.24, 2.45) is 0 Å². The number of nitrogens with zero attached hydrogens (tertiary/aromatic N) is 1. The van der Waals surface area contributed by atoms with Crippen molar-refractivity contribution in [3.63, 3.8) is 0 Å². The van der Waals surface area contributed by atoms with Gasteiger partial charge in [-0.2, -0.15) is 0 Å². The molecule has 1 aromatic carbocycles. The first-order valence-electron chi connectivity index (χ1n) is 6.66. The van der Waals surface area contributed by atoms with Crippen molar-refractivity contribution in [1.82, 2.24) is 4.98 Å². The fraction of sp³-hybridized carbons (Fsp3) is 0.267. The predicted octanol–water partition coefficient (Wildman–Crippen LogP) is 4.03. The number of fused-ring (bicyclic) bond motifs is 1. The summed E-state index contributed by atoms with van der Waals surface area (Å²) in [4.78, 5) is 4.33. The Morgan fingerprint density at radius 1 is 1.10 bits per heavy atom. The van der Waals surface area contributed by atoms with Gasteiger partial charge in [0.25, 0.3) is 0 Å². The molecule has 21 heavy (non-hydrogen) atoms. The lowest BCUT2D eigenvalue weighted by atomic mass is 10.1. The molecule has 1 aromatic heterocycles. The largest absolute Gasteiger partial charge is 0.486 e. The highest BCUT2D eigenvalue weighted by Gasteiger charge is 2.11. The van der Waals surface area contributed by atoms with E-state index in [0.717, 1.165) is 39.2 Å². The van der Waals surface area contributed by atoms with E-state index in [-0.39, 0.29) is 0 Å². The van der Waals surface area contributed by atoms with Crippen LogP contribution in [0.4, 0.5) is 5.82 Å². The maximum absolute atomic E-state index is 5.59. The van der Waals surface area contributed by atoms with E-state index in [2.05, 4.69) is 48.2 Å². The van der Waals surface area contributed by atoms with Gasteiger partial charge < -0.3 is 14.8 Å². The molecule has 3 rings (SSSR count). The Balaban J connectivity index is 1.60. The summed E-state index contributed by atoms with van der Waals surface area (Å²) in [7, 11) is 0. The minimum absolute atomic E-state index is 0.616. The fourth-order valence-corrected chi connectivity index (χ4v) is 3.24. The number of aromatic nitrogens is 1. The number of pyridine rings is 1. The van der Waals surface area contributed by atoms with Gasteiger partial charge in [-0.05, 0) is 62.0 Å². The number of nitrogens with one attached hydrogen (secondary N) is 1. The van der Waals surface area contributed by atoms with Crippen LogP contribution in [0.5, 0.6) is 11.5 Å². The molecule has 110 valence electrons. The SMILES string of the molecule is Brc1cnc(NCCc2ccc3c(c2)OCCO3)c(Br)c1. The average molecular weight is 414 g/mol. The van der Waals surface area contributed by atoms with Gasteiger partial charge in [-0.3, -0.25) is 0 Å². The van der Waals surface area contributed by atoms with E-state index in [1.807, 2.05) is 18.2 Å². The lowest BCUT2D eigenvalue weighted by Crippen LogP contribution is -2.15. The Morgan fingerprint density at radius 2 is 1.90 bits per heavy atom. The van der Waals surface area contributed by atoms with Gasteiger partial charge in [-0.15, -0.1) is 0 Å². The minimum atomic E-state index is 0.616. The summed E-state index contributed by atoms with van der Waals surface area (Å²) < 4.78 is 13.0. The first-order chi connectivity index (χ1) is 10.2. The van der Waals surface area contributed by atoms with Crippen molar-refractivity contribution >= 4 is 37.7 Å². The van der Waals surface area contributed by atoms with Crippen molar-refractivity contribution in [2.75, 3.05) is 25.1 Å². The molecule has 1 aliphatic rings. The van der Waals surface area contributed by atoms with Crippen LogP contribution < -0.4 is 14.8 Å². The summed E-state index contributed by atoms with van der Waals surface area (Å²) in [6.07, 6.45) is 2.66. The lowest BCUT2D eigenvalue weighted by Gasteiger charge is -2.19. The van der Waals surface area contributed by atoms with Crippen LogP contribution in [0.2, 0.25) is 0 Å². The second kappa shape index (κ2) is 6.66. The Kier molecular flexibility index (Phi) is 4.65. The van der Waals surface area contributed by atoms with Gasteiger partial charge in [-0.25, -0.2) is 4.98 Å². The molecule has 0 unspecified atom stereocenters. The van der Waals surface area contributed by atoms with Crippen LogP contribution in [-0.4, -0.2) is 24.7 Å². The highest BCUT2D eigenvalue weighted by Crippen LogP contribution is 2.31. The summed E-state index contributed by atoms with van der Waals surface area (Å²) in [6, 6.07) is 8.05. The summed E-state index contributed by atoms with van der Waals surface area (Å²) in [6.45, 7) is 2.04. The second-order valence-corrected chi connectivity index (χ2v) is 6.41. The molecule has 6 heteroatoms. The van der Waals surface area contributed by atoms with Crippen LogP contribution in [0.15, 0.2) is 39.4 Å². The smallest absolute Gasteiger partial charge is 0.161 e. The monoisotopic (exact) mass is 412 g/mol. The molecule has 0 spiro atoms. The van der Waals surface area contributed by atoms with Gasteiger partial charge in [0.15, 0.2) is 11.5 Å². The van der Waals surface area contributed by atoms with Crippen molar-refractivity contribution < 1.29 is 9.47 Å². The van der Waals surface area contributed by atoms with E-state index in [0.29, 0.717) is 13.2 Å². The lowest BCUT2D eigenvalue weighted by molar-refractivity contribution is 0.171. The van der Waals surface area contributed by atoms with Crippen LogP contribution in [0.1, 0.15) is 5.56 Å². The Bertz CT molecular complexity index is 650. The van der Waals surface area contributed by atoms with Crippen LogP contribution in [-0.2, 0) is 6.42 Å². The molecule has 0 saturated carbocycles. The van der Waals surface area contributed by atoms with E-state index in [4.69, 9.17) is 9.47 Å². The predicted molar refractivity (Wildman–Crippen MR) is 89.3 cm³/mol. The number of hydrogen-bond donors (Lipinski definition) is 1. The third kappa shape index (κ3) is 3.68. The zero-order chi connectivity index (χ0) is 14.7. The number of anilines is 1. The number of halogens is 2. The summed E-state index contributed by atoms with van der Waals surface area (Å²) in [5.74, 6) is 2.51. The highest BCUT2D eigenvalue weighted by atomic mass is 79.9. The zero-order valence-electron chi connectivity index (χ0n) is 11.2. The van der Waals surface area contributed by atoms with E-state index < -0.39 is 0 Å². The van der Waals surface area contributed by atoms with Gasteiger partial charge in [0.05, 0.1) is 4.47 Å². The van der Waals surface area contributed by atoms with Gasteiger partial charge in [0.1, 0.15) is 19.0 Å². The van der Waals surface area contributed by atoms with Crippen LogP contribution in [0.25, 0.3) is 0 Å². The first-order valence-corrected chi connectivity index (χ1v) is 8.24. The second-order valence-electron chi connectivity index (χ2n) is 4.64. The van der Waals surface area contributed by atoms with E-state index >= 15 is 0 Å². The Labute approximate surface area is 140 Å². The highest BCUT2D eigenvalue weighted by molar-refractivity contribution is 9.11. The van der Waals surface area contributed by atoms with E-state index in [1.54, 1.807) is 6.20 Å². The molecule has 0 fully saturated rings. The van der Waals surface area contributed by atoms with Crippen LogP contribution in [0, 0.1) is 0 Å². The van der Waals surface area contributed by atoms with Crippen molar-refractivity contribution in [2.45, 2.75) is 6.42 Å². The normalized spacial score (nSPS) is 13.0. The standard InChI is InChI=1S/C15H14Br2N2O2/c16-11-8-12(17)15(19-9-11)18-4-3-10-1-2-13-14(7-10)21-6-5-20-13/h1-2,7-9H,3-6H2,(H,18,19). The molecular weight excluding hydrogens is 400 g/mol. The number of hydrogen-bond acceptors (Lipinski definition) is 4. The van der Waals surface area contributed by atoms with Gasteiger partial charge in [-0.1, -0.05) is 6.07 Å². The van der Waals surface area contributed by atoms with Gasteiger partial charge in [0, 0.05) is 17.2 Å². The fourth-order valence-electron chi connectivity index (χ4n) is 2.11. The molecule has 4 nitrogen and oxygen atoms in total. The number of rotatable bonds is 4. The molecule has 0 amide bonds. The summed E-state index contributed by atoms with van der Waals surface area (Å²) in [5.41, 5.74) is 1.21. The Hall–Kier alpha value is -1.27. The van der Waals surface area contributed by atoms with Crippen molar-refractivity contribution in [1.29, 1.82) is 0 Å². The van der Waals surface area contributed by atoms with E-state index in [9.17, 15) is 0 Å². The molecular formula is C15H14Br2N2O2. The molecule has 0 aliphatic carbocycles. The summed E-state index contributed by atoms with van der Waals surface area (Å²) in [5, 5.41) is 3.32. The van der Waals surface area contributed by atoms with Gasteiger partial charge >= 0.3 is 0 Å². The molecule has 2 aromatic rings. The topological polar surface area (TPSA) is 43.4 Å². The molecule has 0 saturated heterocycles. The molecule has 1 N–H and O–H groups in total. The zero-order valence-corrected chi connectivity index (χ0v) is 14.4. The quantitative estimate of drug-likeness (QED) is 0.821. The molecule has 0 radical (unpaired) electrons. The summed E-state index contributed by atoms with van der Waals surface area (Å²) >= 11 is 6.88. The minimum Gasteiger partial charge on any atom is -0.486 e. The van der Waals surface area contributed by atoms with Crippen LogP contribution in [0.3, 0.4) is 0 Å². The molecule has 0 atom stereocenters. The molecule has 1 aliphatic heterocycles. The molecule has 0 bridgehead atoms.